The number of nitrogens with zero attached hydrogens (tertiary/aromatic N) is 3. The molecule has 0 saturated heterocycles. The number of nitrogens with two attached hydrogens (primary N) is 3. The van der Waals surface area contributed by atoms with Gasteiger partial charge in [-0.1, -0.05) is 19.7 Å². The molecule has 0 aliphatic carbocycles. The quantitative estimate of drug-likeness (QED) is 0.197. The molecule has 0 aliphatic rings. The van der Waals surface area contributed by atoms with E-state index in [-0.39, 0.29) is 17.9 Å². The Morgan fingerprint density at radius 3 is 1.19 bits per heavy atom. The van der Waals surface area contributed by atoms with Crippen LogP contribution in [0.5, 0.6) is 0 Å². The molecule has 0 amide bonds. The van der Waals surface area contributed by atoms with Crippen LogP contribution < -0.4 is 32.1 Å². The average Bonchev–Trinajstić information content (AvgIpc) is 2.39. The Morgan fingerprint density at radius 1 is 0.714 bits per heavy atom. The molecule has 0 aromatic heterocycles. The molecule has 0 radical (unpaired) electrons. The third-order valence-corrected chi connectivity index (χ3v) is 4.54. The third kappa shape index (κ3) is 6.63. The lowest BCUT2D eigenvalue weighted by Gasteiger charge is -2.30. The Balaban J connectivity index is 5.50. The van der Waals surface area contributed by atoms with Gasteiger partial charge in [0.1, 0.15) is 0 Å². The molecule has 0 bridgehead atoms. The summed E-state index contributed by atoms with van der Waals surface area (Å²) in [6, 6.07) is 0. The molecule has 0 aromatic rings. The Morgan fingerprint density at radius 2 is 1.00 bits per heavy atom. The van der Waals surface area contributed by atoms with Gasteiger partial charge >= 0.3 is 8.56 Å². The van der Waals surface area contributed by atoms with Crippen molar-refractivity contribution in [1.29, 1.82) is 0 Å². The second-order valence-electron chi connectivity index (χ2n) is 3.48. The molecule has 0 aromatic carbocycles. The van der Waals surface area contributed by atoms with Gasteiger partial charge in [-0.3, -0.25) is 0 Å². The monoisotopic (exact) mass is 307 g/mol. The van der Waals surface area contributed by atoms with E-state index in [9.17, 15) is 0 Å². The summed E-state index contributed by atoms with van der Waals surface area (Å²) in [5, 5.41) is 0. The summed E-state index contributed by atoms with van der Waals surface area (Å²) in [5.41, 5.74) is 18.7. The van der Waals surface area contributed by atoms with E-state index in [1.165, 1.54) is 18.6 Å². The van der Waals surface area contributed by atoms with Gasteiger partial charge in [0.2, 0.25) is 0 Å². The van der Waals surface area contributed by atoms with Crippen LogP contribution in [0.15, 0.2) is 65.6 Å². The molecular formula is C11H21N9Si. The fraction of sp³-hybridized carbons (Fsp3) is 0. The first-order chi connectivity index (χ1) is 9.92. The van der Waals surface area contributed by atoms with Gasteiger partial charge in [0.15, 0.2) is 17.9 Å². The van der Waals surface area contributed by atoms with Gasteiger partial charge < -0.3 is 32.1 Å². The summed E-state index contributed by atoms with van der Waals surface area (Å²) in [6.07, 6.45) is 3.85. The smallest absolute Gasteiger partial charge is 0.370 e. The van der Waals surface area contributed by atoms with E-state index >= 15 is 0 Å². The second-order valence-corrected chi connectivity index (χ2v) is 6.25. The lowest BCUT2D eigenvalue weighted by molar-refractivity contribution is 1.07. The van der Waals surface area contributed by atoms with Gasteiger partial charge in [-0.2, -0.15) is 0 Å². The molecule has 0 spiro atoms. The maximum Gasteiger partial charge on any atom is 0.405 e. The highest BCUT2D eigenvalue weighted by Gasteiger charge is 2.35. The van der Waals surface area contributed by atoms with Gasteiger partial charge in [-0.25, -0.2) is 15.0 Å². The first-order valence-electron chi connectivity index (χ1n) is 5.73. The molecule has 0 rings (SSSR count). The van der Waals surface area contributed by atoms with Crippen molar-refractivity contribution in [2.75, 3.05) is 0 Å². The van der Waals surface area contributed by atoms with Crippen molar-refractivity contribution in [1.82, 2.24) is 14.9 Å². The van der Waals surface area contributed by atoms with Crippen LogP contribution in [0, 0.1) is 0 Å². The van der Waals surface area contributed by atoms with E-state index in [1.54, 1.807) is 5.70 Å². The number of guanidine groups is 3. The highest BCUT2D eigenvalue weighted by Crippen LogP contribution is 1.91. The number of aliphatic imine (C=N–C) groups is 3. The van der Waals surface area contributed by atoms with Crippen molar-refractivity contribution in [3.05, 3.63) is 50.6 Å². The van der Waals surface area contributed by atoms with Crippen LogP contribution in [0.4, 0.5) is 0 Å². The van der Waals surface area contributed by atoms with Crippen molar-refractivity contribution in [2.45, 2.75) is 0 Å². The van der Waals surface area contributed by atoms with Crippen molar-refractivity contribution >= 4 is 26.4 Å². The van der Waals surface area contributed by atoms with Crippen LogP contribution in [0.1, 0.15) is 0 Å². The van der Waals surface area contributed by atoms with Gasteiger partial charge in [0.05, 0.1) is 0 Å². The van der Waals surface area contributed by atoms with E-state index in [0.717, 1.165) is 0 Å². The Labute approximate surface area is 125 Å². The molecule has 0 unspecified atom stereocenters. The van der Waals surface area contributed by atoms with Crippen LogP contribution in [-0.4, -0.2) is 26.4 Å². The lowest BCUT2D eigenvalue weighted by Crippen LogP contribution is -2.77. The zero-order valence-electron chi connectivity index (χ0n) is 11.7. The molecule has 0 fully saturated rings. The highest BCUT2D eigenvalue weighted by molar-refractivity contribution is 6.83. The molecule has 0 saturated carbocycles. The average molecular weight is 307 g/mol. The summed E-state index contributed by atoms with van der Waals surface area (Å²) in [7, 11) is -2.97. The fourth-order valence-electron chi connectivity index (χ4n) is 1.24. The summed E-state index contributed by atoms with van der Waals surface area (Å²) in [5.74, 6) is 0.276. The van der Waals surface area contributed by atoms with Crippen molar-refractivity contribution in [3.8, 4) is 0 Å². The standard InChI is InChI=1S/C11H21N9Si/c1-5-15-9(12)18-21(8-4,19-10(13)16-6-2)20-11(14)17-7-3/h5-8H,1-4H2,(H3,12,15,18)(H3,13,16,19)(H3,14,17,20). The zero-order chi connectivity index (χ0) is 16.3. The van der Waals surface area contributed by atoms with Crippen molar-refractivity contribution < 1.29 is 0 Å². The molecule has 0 atom stereocenters. The Bertz CT molecular complexity index is 427. The molecule has 114 valence electrons. The highest BCUT2D eigenvalue weighted by atomic mass is 28.4. The van der Waals surface area contributed by atoms with Crippen molar-refractivity contribution in [2.24, 2.45) is 32.2 Å². The maximum atomic E-state index is 5.72. The van der Waals surface area contributed by atoms with Crippen LogP contribution in [0.25, 0.3) is 0 Å². The van der Waals surface area contributed by atoms with Crippen LogP contribution in [0.2, 0.25) is 0 Å². The van der Waals surface area contributed by atoms with Crippen LogP contribution >= 0.6 is 0 Å². The SMILES string of the molecule is C=CN=C(N)N[Si](C=C)(NC(N)=NC=C)NC(N)=NC=C. The molecular weight excluding hydrogens is 286 g/mol. The zero-order valence-corrected chi connectivity index (χ0v) is 12.7. The number of hydrogen-bond acceptors (Lipinski definition) is 3. The molecule has 10 heteroatoms. The Hall–Kier alpha value is -3.01. The summed E-state index contributed by atoms with van der Waals surface area (Å²) in [6.45, 7) is 14.1. The maximum absolute atomic E-state index is 5.72. The van der Waals surface area contributed by atoms with Gasteiger partial charge in [0, 0.05) is 18.6 Å². The van der Waals surface area contributed by atoms with Gasteiger partial charge in [0.25, 0.3) is 0 Å². The molecule has 9 N–H and O–H groups in total. The van der Waals surface area contributed by atoms with Gasteiger partial charge in [-0.05, 0) is 5.70 Å². The summed E-state index contributed by atoms with van der Waals surface area (Å²) in [4.78, 5) is 20.2. The Kier molecular flexibility index (Phi) is 7.69. The minimum Gasteiger partial charge on any atom is -0.370 e. The van der Waals surface area contributed by atoms with Crippen LogP contribution in [-0.2, 0) is 0 Å². The lowest BCUT2D eigenvalue weighted by atomic mass is 11.0. The van der Waals surface area contributed by atoms with E-state index < -0.39 is 8.56 Å². The second kappa shape index (κ2) is 8.98. The molecule has 9 nitrogen and oxygen atoms in total. The van der Waals surface area contributed by atoms with Crippen LogP contribution in [0.3, 0.4) is 0 Å². The first kappa shape index (κ1) is 18.0. The van der Waals surface area contributed by atoms with E-state index in [1.807, 2.05) is 0 Å². The minimum atomic E-state index is -2.97. The number of hydrogen-bond donors (Lipinski definition) is 6. The molecule has 21 heavy (non-hydrogen) atoms. The summed E-state index contributed by atoms with van der Waals surface area (Å²) < 4.78 is 0. The van der Waals surface area contributed by atoms with Crippen molar-refractivity contribution in [3.63, 3.8) is 0 Å². The minimum absolute atomic E-state index is 0.0920. The number of nitrogens with one attached hydrogen (secondary N) is 3. The number of rotatable bonds is 7. The largest absolute Gasteiger partial charge is 0.405 e. The summed E-state index contributed by atoms with van der Waals surface area (Å²) >= 11 is 0. The van der Waals surface area contributed by atoms with E-state index in [0.29, 0.717) is 0 Å². The fourth-order valence-corrected chi connectivity index (χ4v) is 3.14. The predicted molar refractivity (Wildman–Crippen MR) is 90.8 cm³/mol. The normalized spacial score (nSPS) is 15.3. The van der Waals surface area contributed by atoms with E-state index in [4.69, 9.17) is 17.2 Å². The van der Waals surface area contributed by atoms with E-state index in [2.05, 4.69) is 56.2 Å². The predicted octanol–water partition coefficient (Wildman–Crippen LogP) is -1.21. The topological polar surface area (TPSA) is 151 Å². The molecule has 0 aliphatic heterocycles. The first-order valence-corrected chi connectivity index (χ1v) is 7.81. The molecule has 0 heterocycles. The van der Waals surface area contributed by atoms with Gasteiger partial charge in [-0.15, -0.1) is 6.58 Å². The third-order valence-electron chi connectivity index (χ3n) is 1.97.